The highest BCUT2D eigenvalue weighted by atomic mass is 16.6. The predicted octanol–water partition coefficient (Wildman–Crippen LogP) is 0.918. The molecule has 5 nitrogen and oxygen atoms in total. The fourth-order valence-electron chi connectivity index (χ4n) is 1.12. The number of ketones is 1. The fourth-order valence-corrected chi connectivity index (χ4v) is 1.12. The smallest absolute Gasteiger partial charge is 0.353 e. The first-order valence-electron chi connectivity index (χ1n) is 4.95. The Labute approximate surface area is 98.7 Å². The van der Waals surface area contributed by atoms with Crippen LogP contribution in [-0.4, -0.2) is 23.5 Å². The summed E-state index contributed by atoms with van der Waals surface area (Å²) in [5.74, 6) is -1.37. The maximum Gasteiger partial charge on any atom is 0.353 e. The Morgan fingerprint density at radius 3 is 2.53 bits per heavy atom. The molecule has 0 unspecified atom stereocenters. The molecule has 0 bridgehead atoms. The van der Waals surface area contributed by atoms with Crippen molar-refractivity contribution in [1.82, 2.24) is 5.48 Å². The average molecular weight is 235 g/mol. The van der Waals surface area contributed by atoms with E-state index in [0.29, 0.717) is 0 Å². The van der Waals surface area contributed by atoms with Gasteiger partial charge in [0.25, 0.3) is 0 Å². The summed E-state index contributed by atoms with van der Waals surface area (Å²) in [6.45, 7) is 2.98. The van der Waals surface area contributed by atoms with Crippen molar-refractivity contribution in [1.29, 1.82) is 0 Å². The number of carboxylic acid groups (broad SMARTS) is 1. The summed E-state index contributed by atoms with van der Waals surface area (Å²) in [4.78, 5) is 26.5. The summed E-state index contributed by atoms with van der Waals surface area (Å²) in [5, 5.41) is 8.46. The van der Waals surface area contributed by atoms with E-state index in [4.69, 9.17) is 9.94 Å². The van der Waals surface area contributed by atoms with Crippen LogP contribution in [0.3, 0.4) is 0 Å². The minimum absolute atomic E-state index is 0.151. The molecule has 1 rings (SSSR count). The molecule has 0 fully saturated rings. The number of benzene rings is 1. The molecule has 0 saturated heterocycles. The summed E-state index contributed by atoms with van der Waals surface area (Å²) in [6.07, 6.45) is 0.252. The summed E-state index contributed by atoms with van der Waals surface area (Å²) in [5.41, 5.74) is 2.66. The van der Waals surface area contributed by atoms with Gasteiger partial charge in [-0.3, -0.25) is 15.1 Å². The average Bonchev–Trinajstić information content (AvgIpc) is 2.30. The van der Waals surface area contributed by atoms with Crippen LogP contribution in [0, 0.1) is 0 Å². The van der Waals surface area contributed by atoms with Crippen molar-refractivity contribution in [3.8, 4) is 0 Å². The summed E-state index contributed by atoms with van der Waals surface area (Å²) in [7, 11) is 0. The number of carboxylic acids is 1. The maximum absolute atomic E-state index is 11.4. The first-order chi connectivity index (χ1) is 8.09. The van der Waals surface area contributed by atoms with Crippen LogP contribution in [0.25, 0.3) is 0 Å². The summed E-state index contributed by atoms with van der Waals surface area (Å²) >= 11 is 0. The Hall–Kier alpha value is -2.14. The van der Waals surface area contributed by atoms with Gasteiger partial charge in [0.2, 0.25) is 0 Å². The van der Waals surface area contributed by atoms with Gasteiger partial charge >= 0.3 is 5.97 Å². The monoisotopic (exact) mass is 235 g/mol. The van der Waals surface area contributed by atoms with E-state index in [-0.39, 0.29) is 24.5 Å². The van der Waals surface area contributed by atoms with E-state index < -0.39 is 5.97 Å². The van der Waals surface area contributed by atoms with Crippen LogP contribution in [0.2, 0.25) is 0 Å². The van der Waals surface area contributed by atoms with Crippen LogP contribution in [0.4, 0.5) is 0 Å². The van der Waals surface area contributed by atoms with E-state index in [1.807, 2.05) is 30.3 Å². The number of Topliss-reactive ketones (excluding diaryl/α,β-unsaturated/α-hetero) is 1. The minimum atomic E-state index is -1.22. The number of hydrogen-bond acceptors (Lipinski definition) is 4. The Kier molecular flexibility index (Phi) is 4.90. The summed E-state index contributed by atoms with van der Waals surface area (Å²) < 4.78 is 0. The third-order valence-corrected chi connectivity index (χ3v) is 1.93. The van der Waals surface area contributed by atoms with Gasteiger partial charge in [0, 0.05) is 6.42 Å². The molecule has 0 aromatic heterocycles. The number of carbonyl (C=O) groups is 2. The van der Waals surface area contributed by atoms with Gasteiger partial charge in [-0.05, 0) is 5.56 Å². The zero-order chi connectivity index (χ0) is 12.7. The lowest BCUT2D eigenvalue weighted by molar-refractivity contribution is -0.136. The van der Waals surface area contributed by atoms with Gasteiger partial charge < -0.3 is 5.11 Å². The molecule has 0 heterocycles. The van der Waals surface area contributed by atoms with E-state index in [0.717, 1.165) is 5.56 Å². The van der Waals surface area contributed by atoms with Crippen molar-refractivity contribution < 1.29 is 19.5 Å². The van der Waals surface area contributed by atoms with E-state index in [9.17, 15) is 9.59 Å². The molecule has 0 amide bonds. The van der Waals surface area contributed by atoms with Crippen molar-refractivity contribution in [3.63, 3.8) is 0 Å². The van der Waals surface area contributed by atoms with E-state index in [2.05, 4.69) is 12.1 Å². The van der Waals surface area contributed by atoms with Crippen LogP contribution in [0.1, 0.15) is 5.56 Å². The first kappa shape index (κ1) is 12.9. The van der Waals surface area contributed by atoms with Crippen LogP contribution in [0.15, 0.2) is 42.6 Å². The van der Waals surface area contributed by atoms with Crippen LogP contribution < -0.4 is 5.48 Å². The van der Waals surface area contributed by atoms with Crippen LogP contribution in [-0.2, 0) is 20.8 Å². The highest BCUT2D eigenvalue weighted by Gasteiger charge is 2.06. The van der Waals surface area contributed by atoms with Gasteiger partial charge in [0.15, 0.2) is 5.78 Å². The Balaban J connectivity index is 2.27. The van der Waals surface area contributed by atoms with Gasteiger partial charge in [-0.25, -0.2) is 4.79 Å². The molecule has 90 valence electrons. The topological polar surface area (TPSA) is 75.6 Å². The molecule has 0 aliphatic rings. The predicted molar refractivity (Wildman–Crippen MR) is 61.0 cm³/mol. The van der Waals surface area contributed by atoms with Crippen molar-refractivity contribution in [2.45, 2.75) is 6.42 Å². The molecule has 17 heavy (non-hydrogen) atoms. The minimum Gasteiger partial charge on any atom is -0.477 e. The second-order valence-electron chi connectivity index (χ2n) is 3.38. The van der Waals surface area contributed by atoms with E-state index in [1.54, 1.807) is 0 Å². The molecule has 1 aromatic carbocycles. The Morgan fingerprint density at radius 1 is 1.29 bits per heavy atom. The second-order valence-corrected chi connectivity index (χ2v) is 3.38. The number of aliphatic carboxylic acids is 1. The summed E-state index contributed by atoms with van der Waals surface area (Å²) in [6, 6.07) is 9.22. The van der Waals surface area contributed by atoms with Crippen molar-refractivity contribution in [2.75, 3.05) is 6.61 Å². The maximum atomic E-state index is 11.4. The molecule has 0 radical (unpaired) electrons. The number of hydroxylamine groups is 1. The standard InChI is InChI=1S/C12H13NO4/c1-9(12(15)16)13-17-8-11(14)7-10-5-3-2-4-6-10/h2-6,13H,1,7-8H2,(H,15,16). The Morgan fingerprint density at radius 2 is 1.94 bits per heavy atom. The number of rotatable bonds is 7. The third-order valence-electron chi connectivity index (χ3n) is 1.93. The molecule has 0 aliphatic carbocycles. The van der Waals surface area contributed by atoms with Crippen molar-refractivity contribution >= 4 is 11.8 Å². The number of carbonyl (C=O) groups excluding carboxylic acids is 1. The van der Waals surface area contributed by atoms with Crippen molar-refractivity contribution in [2.24, 2.45) is 0 Å². The first-order valence-corrected chi connectivity index (χ1v) is 4.95. The highest BCUT2D eigenvalue weighted by Crippen LogP contribution is 2.00. The van der Waals surface area contributed by atoms with Gasteiger partial charge in [-0.1, -0.05) is 36.9 Å². The molecular formula is C12H13NO4. The SMILES string of the molecule is C=C(NOCC(=O)Cc1ccccc1)C(=O)O. The van der Waals surface area contributed by atoms with E-state index in [1.165, 1.54) is 0 Å². The lowest BCUT2D eigenvalue weighted by Gasteiger charge is -2.05. The van der Waals surface area contributed by atoms with Gasteiger partial charge in [0.05, 0.1) is 0 Å². The molecule has 0 saturated carbocycles. The zero-order valence-electron chi connectivity index (χ0n) is 9.18. The second kappa shape index (κ2) is 6.44. The third kappa shape index (κ3) is 4.94. The molecule has 0 spiro atoms. The van der Waals surface area contributed by atoms with Crippen LogP contribution in [0.5, 0.6) is 0 Å². The quantitative estimate of drug-likeness (QED) is 0.543. The highest BCUT2D eigenvalue weighted by molar-refractivity contribution is 5.85. The van der Waals surface area contributed by atoms with Gasteiger partial charge in [-0.15, -0.1) is 0 Å². The fraction of sp³-hybridized carbons (Fsp3) is 0.167. The molecular weight excluding hydrogens is 222 g/mol. The number of hydrogen-bond donors (Lipinski definition) is 2. The molecule has 1 aromatic rings. The normalized spacial score (nSPS) is 9.65. The molecule has 0 aliphatic heterocycles. The van der Waals surface area contributed by atoms with Gasteiger partial charge in [-0.2, -0.15) is 0 Å². The van der Waals surface area contributed by atoms with Gasteiger partial charge in [0.1, 0.15) is 12.3 Å². The van der Waals surface area contributed by atoms with Crippen LogP contribution >= 0.6 is 0 Å². The largest absolute Gasteiger partial charge is 0.477 e. The number of nitrogens with one attached hydrogen (secondary N) is 1. The lowest BCUT2D eigenvalue weighted by Crippen LogP contribution is -2.23. The molecule has 2 N–H and O–H groups in total. The lowest BCUT2D eigenvalue weighted by atomic mass is 10.1. The molecule has 0 atom stereocenters. The zero-order valence-corrected chi connectivity index (χ0v) is 9.18. The molecule has 5 heteroatoms. The van der Waals surface area contributed by atoms with Crippen molar-refractivity contribution in [3.05, 3.63) is 48.2 Å². The Bertz CT molecular complexity index is 414. The van der Waals surface area contributed by atoms with E-state index >= 15 is 0 Å².